The summed E-state index contributed by atoms with van der Waals surface area (Å²) in [6.45, 7) is 0.0432. The molecule has 2 rings (SSSR count). The maximum absolute atomic E-state index is 12.1. The van der Waals surface area contributed by atoms with Crippen molar-refractivity contribution in [2.45, 2.75) is 10.9 Å². The minimum atomic E-state index is -4.02. The first kappa shape index (κ1) is 20.6. The number of para-hydroxylation sites is 1. The first-order valence-corrected chi connectivity index (χ1v) is 9.37. The van der Waals surface area contributed by atoms with Crippen LogP contribution in [0.1, 0.15) is 0 Å². The van der Waals surface area contributed by atoms with E-state index in [-0.39, 0.29) is 37.4 Å². The zero-order valence-corrected chi connectivity index (χ0v) is 14.9. The van der Waals surface area contributed by atoms with Crippen LogP contribution in [0.5, 0.6) is 0 Å². The van der Waals surface area contributed by atoms with Crippen molar-refractivity contribution in [3.63, 3.8) is 0 Å². The molecule has 1 heterocycles. The van der Waals surface area contributed by atoms with E-state index in [1.165, 1.54) is 18.2 Å². The second kappa shape index (κ2) is 9.18. The molecule has 1 unspecified atom stereocenters. The molecule has 1 saturated heterocycles. The van der Waals surface area contributed by atoms with E-state index in [1.54, 1.807) is 11.8 Å². The highest BCUT2D eigenvalue weighted by Crippen LogP contribution is 2.22. The van der Waals surface area contributed by atoms with Crippen LogP contribution in [0, 0.1) is 10.1 Å². The van der Waals surface area contributed by atoms with Gasteiger partial charge in [0.15, 0.2) is 4.90 Å². The second-order valence-corrected chi connectivity index (χ2v) is 7.45. The van der Waals surface area contributed by atoms with Gasteiger partial charge in [0, 0.05) is 30.8 Å². The third kappa shape index (κ3) is 5.31. The lowest BCUT2D eigenvalue weighted by molar-refractivity contribution is -0.387. The van der Waals surface area contributed by atoms with Crippen molar-refractivity contribution in [3.8, 4) is 0 Å². The van der Waals surface area contributed by atoms with Gasteiger partial charge in [0.1, 0.15) is 0 Å². The number of halogens is 1. The lowest BCUT2D eigenvalue weighted by Gasteiger charge is -2.11. The molecule has 9 nitrogen and oxygen atoms in total. The molecule has 12 heteroatoms. The first-order valence-electron chi connectivity index (χ1n) is 6.74. The van der Waals surface area contributed by atoms with E-state index in [0.717, 1.165) is 6.07 Å². The number of amides is 1. The molecule has 0 spiro atoms. The topological polar surface area (TPSA) is 130 Å². The van der Waals surface area contributed by atoms with E-state index in [9.17, 15) is 23.3 Å². The summed E-state index contributed by atoms with van der Waals surface area (Å²) in [4.78, 5) is 21.5. The van der Waals surface area contributed by atoms with Gasteiger partial charge in [-0.15, -0.1) is 24.2 Å². The number of carbonyl (C=O) groups is 1. The summed E-state index contributed by atoms with van der Waals surface area (Å²) < 4.78 is 26.5. The van der Waals surface area contributed by atoms with Gasteiger partial charge < -0.3 is 5.32 Å². The summed E-state index contributed by atoms with van der Waals surface area (Å²) in [5, 5.41) is 16.5. The SMILES string of the molecule is Cl.O=C(NCCNS(=O)(=O)c1ccccc1[N+](=O)[O-])C1CSCN1. The molecule has 0 aromatic heterocycles. The molecule has 1 amide bonds. The maximum atomic E-state index is 12.1. The Hall–Kier alpha value is -1.40. The Morgan fingerprint density at radius 1 is 1.38 bits per heavy atom. The quantitative estimate of drug-likeness (QED) is 0.338. The van der Waals surface area contributed by atoms with Crippen LogP contribution in [0.2, 0.25) is 0 Å². The molecule has 0 bridgehead atoms. The van der Waals surface area contributed by atoms with E-state index < -0.39 is 25.5 Å². The Morgan fingerprint density at radius 2 is 2.08 bits per heavy atom. The van der Waals surface area contributed by atoms with Crippen LogP contribution in [0.3, 0.4) is 0 Å². The number of carbonyl (C=O) groups excluding carboxylic acids is 1. The summed E-state index contributed by atoms with van der Waals surface area (Å²) in [6, 6.07) is 4.82. The van der Waals surface area contributed by atoms with Gasteiger partial charge in [0.05, 0.1) is 11.0 Å². The molecule has 1 fully saturated rings. The lowest BCUT2D eigenvalue weighted by atomic mass is 10.3. The standard InChI is InChI=1S/C12H16N4O5S2.ClH/c17-12(9-7-22-8-14-9)13-5-6-15-23(20,21)11-4-2-1-3-10(11)16(18)19;/h1-4,9,14-15H,5-8H2,(H,13,17);1H. The Morgan fingerprint density at radius 3 is 2.71 bits per heavy atom. The van der Waals surface area contributed by atoms with Crippen molar-refractivity contribution in [1.29, 1.82) is 0 Å². The number of nitrogens with one attached hydrogen (secondary N) is 3. The highest BCUT2D eigenvalue weighted by molar-refractivity contribution is 7.99. The Bertz CT molecular complexity index is 694. The number of hydrogen-bond acceptors (Lipinski definition) is 7. The lowest BCUT2D eigenvalue weighted by Crippen LogP contribution is -2.44. The zero-order valence-electron chi connectivity index (χ0n) is 12.4. The largest absolute Gasteiger partial charge is 0.353 e. The predicted octanol–water partition coefficient (Wildman–Crippen LogP) is 0.0736. The van der Waals surface area contributed by atoms with Crippen LogP contribution in [0.25, 0.3) is 0 Å². The molecule has 3 N–H and O–H groups in total. The molecular weight excluding hydrogens is 380 g/mol. The van der Waals surface area contributed by atoms with Crippen LogP contribution in [-0.2, 0) is 14.8 Å². The molecule has 24 heavy (non-hydrogen) atoms. The van der Waals surface area contributed by atoms with Gasteiger partial charge in [-0.25, -0.2) is 13.1 Å². The third-order valence-corrected chi connectivity index (χ3v) is 5.55. The normalized spacial score (nSPS) is 17.1. The Labute approximate surface area is 149 Å². The number of benzene rings is 1. The molecule has 1 aromatic rings. The van der Waals surface area contributed by atoms with Crippen molar-refractivity contribution in [3.05, 3.63) is 34.4 Å². The number of nitro groups is 1. The van der Waals surface area contributed by atoms with Crippen LogP contribution in [-0.4, -0.2) is 50.0 Å². The average Bonchev–Trinajstić information content (AvgIpc) is 3.06. The third-order valence-electron chi connectivity index (χ3n) is 3.10. The minimum Gasteiger partial charge on any atom is -0.353 e. The fourth-order valence-corrected chi connectivity index (χ4v) is 4.11. The molecule has 0 aliphatic carbocycles. The number of rotatable bonds is 7. The molecule has 1 aliphatic heterocycles. The van der Waals surface area contributed by atoms with Gasteiger partial charge in [-0.3, -0.25) is 20.2 Å². The smallest absolute Gasteiger partial charge is 0.289 e. The summed E-state index contributed by atoms with van der Waals surface area (Å²) in [5.41, 5.74) is -0.490. The van der Waals surface area contributed by atoms with Crippen LogP contribution in [0.4, 0.5) is 5.69 Å². The van der Waals surface area contributed by atoms with Gasteiger partial charge >= 0.3 is 0 Å². The fraction of sp³-hybridized carbons (Fsp3) is 0.417. The number of sulfonamides is 1. The fourth-order valence-electron chi connectivity index (χ4n) is 1.97. The Kier molecular flexibility index (Phi) is 7.90. The summed E-state index contributed by atoms with van der Waals surface area (Å²) in [7, 11) is -4.02. The first-order chi connectivity index (χ1) is 10.9. The predicted molar refractivity (Wildman–Crippen MR) is 92.8 cm³/mol. The highest BCUT2D eigenvalue weighted by atomic mass is 35.5. The Balaban J connectivity index is 0.00000288. The number of nitro benzene ring substituents is 1. The van der Waals surface area contributed by atoms with E-state index in [1.807, 2.05) is 0 Å². The monoisotopic (exact) mass is 396 g/mol. The molecule has 1 atom stereocenters. The molecular formula is C12H17ClN4O5S2. The van der Waals surface area contributed by atoms with E-state index in [2.05, 4.69) is 15.4 Å². The second-order valence-electron chi connectivity index (χ2n) is 4.69. The molecule has 134 valence electrons. The van der Waals surface area contributed by atoms with Crippen LogP contribution < -0.4 is 15.4 Å². The minimum absolute atomic E-state index is 0. The summed E-state index contributed by atoms with van der Waals surface area (Å²) in [5.74, 6) is 1.19. The summed E-state index contributed by atoms with van der Waals surface area (Å²) >= 11 is 1.61. The van der Waals surface area contributed by atoms with Crippen molar-refractivity contribution < 1.29 is 18.1 Å². The summed E-state index contributed by atoms with van der Waals surface area (Å²) in [6.07, 6.45) is 0. The van der Waals surface area contributed by atoms with E-state index >= 15 is 0 Å². The van der Waals surface area contributed by atoms with Gasteiger partial charge in [-0.05, 0) is 6.07 Å². The highest BCUT2D eigenvalue weighted by Gasteiger charge is 2.25. The molecule has 1 aromatic carbocycles. The molecule has 1 aliphatic rings. The van der Waals surface area contributed by atoms with Crippen molar-refractivity contribution >= 4 is 45.8 Å². The van der Waals surface area contributed by atoms with Gasteiger partial charge in [0.2, 0.25) is 15.9 Å². The molecule has 0 radical (unpaired) electrons. The molecule has 0 saturated carbocycles. The van der Waals surface area contributed by atoms with Gasteiger partial charge in [-0.2, -0.15) is 0 Å². The van der Waals surface area contributed by atoms with Crippen LogP contribution in [0.15, 0.2) is 29.2 Å². The van der Waals surface area contributed by atoms with Crippen molar-refractivity contribution in [2.24, 2.45) is 0 Å². The van der Waals surface area contributed by atoms with E-state index in [4.69, 9.17) is 0 Å². The van der Waals surface area contributed by atoms with Crippen molar-refractivity contribution in [1.82, 2.24) is 15.4 Å². The van der Waals surface area contributed by atoms with Gasteiger partial charge in [0.25, 0.3) is 5.69 Å². The number of nitrogens with zero attached hydrogens (tertiary/aromatic N) is 1. The number of thioether (sulfide) groups is 1. The zero-order chi connectivity index (χ0) is 16.9. The van der Waals surface area contributed by atoms with Crippen molar-refractivity contribution in [2.75, 3.05) is 24.7 Å². The average molecular weight is 397 g/mol. The van der Waals surface area contributed by atoms with Crippen LogP contribution >= 0.6 is 24.2 Å². The van der Waals surface area contributed by atoms with E-state index in [0.29, 0.717) is 11.6 Å². The number of hydrogen-bond donors (Lipinski definition) is 3. The maximum Gasteiger partial charge on any atom is 0.289 e. The van der Waals surface area contributed by atoms with Gasteiger partial charge in [-0.1, -0.05) is 12.1 Å².